The van der Waals surface area contributed by atoms with Gasteiger partial charge in [-0.1, -0.05) is 45.7 Å². The minimum absolute atomic E-state index is 0.618. The van der Waals surface area contributed by atoms with Gasteiger partial charge in [-0.05, 0) is 48.4 Å². The summed E-state index contributed by atoms with van der Waals surface area (Å²) < 4.78 is 1.10. The highest BCUT2D eigenvalue weighted by atomic mass is 79.9. The molecule has 0 bridgehead atoms. The normalized spacial score (nSPS) is 10.6. The Labute approximate surface area is 133 Å². The molecule has 0 saturated heterocycles. The lowest BCUT2D eigenvalue weighted by atomic mass is 10.1. The van der Waals surface area contributed by atoms with Crippen molar-refractivity contribution in [2.24, 2.45) is 5.73 Å². The van der Waals surface area contributed by atoms with Gasteiger partial charge in [-0.25, -0.2) is 0 Å². The molecule has 0 spiro atoms. The van der Waals surface area contributed by atoms with Crippen LogP contribution >= 0.6 is 27.5 Å². The fourth-order valence-electron chi connectivity index (χ4n) is 2.13. The molecule has 0 unspecified atom stereocenters. The maximum atomic E-state index is 6.29. The highest BCUT2D eigenvalue weighted by molar-refractivity contribution is 9.10. The molecule has 2 N–H and O–H groups in total. The topological polar surface area (TPSA) is 29.3 Å². The van der Waals surface area contributed by atoms with Gasteiger partial charge in [0.25, 0.3) is 0 Å². The second-order valence-corrected chi connectivity index (χ2v) is 6.12. The van der Waals surface area contributed by atoms with Crippen molar-refractivity contribution in [2.45, 2.75) is 13.0 Å². The Bertz CT molecular complexity index is 586. The van der Waals surface area contributed by atoms with Crippen LogP contribution in [0, 0.1) is 0 Å². The molecule has 4 heteroatoms. The van der Waals surface area contributed by atoms with E-state index in [-0.39, 0.29) is 0 Å². The van der Waals surface area contributed by atoms with E-state index in [4.69, 9.17) is 17.3 Å². The molecule has 0 aliphatic heterocycles. The van der Waals surface area contributed by atoms with Gasteiger partial charge in [0.1, 0.15) is 0 Å². The maximum absolute atomic E-state index is 6.29. The summed E-state index contributed by atoms with van der Waals surface area (Å²) in [5.74, 6) is 0. The zero-order valence-corrected chi connectivity index (χ0v) is 13.8. The predicted octanol–water partition coefficient (Wildman–Crippen LogP) is 4.24. The van der Waals surface area contributed by atoms with E-state index in [1.165, 1.54) is 5.56 Å². The Morgan fingerprint density at radius 1 is 1.20 bits per heavy atom. The van der Waals surface area contributed by atoms with Crippen molar-refractivity contribution >= 4 is 33.2 Å². The highest BCUT2D eigenvalue weighted by Gasteiger charge is 2.06. The maximum Gasteiger partial charge on any atom is 0.0459 e. The molecule has 0 aliphatic carbocycles. The van der Waals surface area contributed by atoms with Crippen LogP contribution in [0.4, 0.5) is 5.69 Å². The van der Waals surface area contributed by atoms with Gasteiger partial charge in [0.05, 0.1) is 0 Å². The number of nitrogens with zero attached hydrogens (tertiary/aromatic N) is 1. The van der Waals surface area contributed by atoms with E-state index in [0.29, 0.717) is 6.54 Å². The number of hydrogen-bond acceptors (Lipinski definition) is 2. The highest BCUT2D eigenvalue weighted by Crippen LogP contribution is 2.24. The largest absolute Gasteiger partial charge is 0.370 e. The monoisotopic (exact) mass is 352 g/mol. The Balaban J connectivity index is 2.13. The second-order valence-electron chi connectivity index (χ2n) is 4.80. The Morgan fingerprint density at radius 2 is 2.00 bits per heavy atom. The Morgan fingerprint density at radius 3 is 2.65 bits per heavy atom. The zero-order valence-electron chi connectivity index (χ0n) is 11.4. The van der Waals surface area contributed by atoms with Crippen molar-refractivity contribution in [3.8, 4) is 0 Å². The molecule has 0 fully saturated rings. The molecular formula is C16H18BrClN2. The van der Waals surface area contributed by atoms with Gasteiger partial charge in [0.2, 0.25) is 0 Å². The minimum atomic E-state index is 0.618. The first-order chi connectivity index (χ1) is 9.60. The van der Waals surface area contributed by atoms with E-state index in [9.17, 15) is 0 Å². The van der Waals surface area contributed by atoms with E-state index in [2.05, 4.69) is 52.1 Å². The summed E-state index contributed by atoms with van der Waals surface area (Å²) in [5.41, 5.74) is 9.04. The Hall–Kier alpha value is -1.03. The fraction of sp³-hybridized carbons (Fsp3) is 0.250. The minimum Gasteiger partial charge on any atom is -0.370 e. The summed E-state index contributed by atoms with van der Waals surface area (Å²) in [6.45, 7) is 1.46. The van der Waals surface area contributed by atoms with Gasteiger partial charge in [-0.15, -0.1) is 0 Å². The van der Waals surface area contributed by atoms with Crippen LogP contribution in [-0.2, 0) is 13.0 Å². The van der Waals surface area contributed by atoms with Crippen LogP contribution < -0.4 is 10.6 Å². The summed E-state index contributed by atoms with van der Waals surface area (Å²) in [6, 6.07) is 14.5. The van der Waals surface area contributed by atoms with Gasteiger partial charge in [0, 0.05) is 28.8 Å². The molecule has 0 heterocycles. The average molecular weight is 354 g/mol. The third-order valence-corrected chi connectivity index (χ3v) is 4.04. The van der Waals surface area contributed by atoms with Crippen LogP contribution in [0.25, 0.3) is 0 Å². The number of anilines is 1. The summed E-state index contributed by atoms with van der Waals surface area (Å²) in [4.78, 5) is 2.18. The molecule has 0 aromatic heterocycles. The number of rotatable bonds is 5. The molecule has 0 amide bonds. The van der Waals surface area contributed by atoms with E-state index < -0.39 is 0 Å². The number of benzene rings is 2. The third-order valence-electron chi connectivity index (χ3n) is 3.20. The zero-order chi connectivity index (χ0) is 14.5. The molecule has 2 nitrogen and oxygen atoms in total. The molecule has 0 radical (unpaired) electrons. The van der Waals surface area contributed by atoms with Gasteiger partial charge >= 0.3 is 0 Å². The summed E-state index contributed by atoms with van der Waals surface area (Å²) >= 11 is 9.79. The van der Waals surface area contributed by atoms with Gasteiger partial charge in [0.15, 0.2) is 0 Å². The second kappa shape index (κ2) is 7.11. The number of hydrogen-bond donors (Lipinski definition) is 1. The predicted molar refractivity (Wildman–Crippen MR) is 90.5 cm³/mol. The van der Waals surface area contributed by atoms with Crippen LogP contribution in [0.5, 0.6) is 0 Å². The van der Waals surface area contributed by atoms with Crippen molar-refractivity contribution in [2.75, 3.05) is 18.5 Å². The van der Waals surface area contributed by atoms with Crippen molar-refractivity contribution < 1.29 is 0 Å². The van der Waals surface area contributed by atoms with E-state index in [1.807, 2.05) is 18.2 Å². The molecule has 0 aliphatic rings. The molecule has 20 heavy (non-hydrogen) atoms. The molecule has 0 atom stereocenters. The van der Waals surface area contributed by atoms with Crippen LogP contribution in [0.15, 0.2) is 46.9 Å². The smallest absolute Gasteiger partial charge is 0.0459 e. The standard InChI is InChI=1S/C16H18BrClN2/c1-20(11-12-3-2-4-14(17)9-12)15-6-5-13(7-8-19)16(18)10-15/h2-6,9-10H,7-8,11,19H2,1H3. The molecular weight excluding hydrogens is 336 g/mol. The van der Waals surface area contributed by atoms with Crippen molar-refractivity contribution in [1.82, 2.24) is 0 Å². The average Bonchev–Trinajstić information content (AvgIpc) is 2.41. The summed E-state index contributed by atoms with van der Waals surface area (Å²) in [6.07, 6.45) is 0.814. The quantitative estimate of drug-likeness (QED) is 0.871. The SMILES string of the molecule is CN(Cc1cccc(Br)c1)c1ccc(CCN)c(Cl)c1. The third kappa shape index (κ3) is 3.98. The summed E-state index contributed by atoms with van der Waals surface area (Å²) in [5, 5.41) is 0.786. The molecule has 2 aromatic rings. The van der Waals surface area contributed by atoms with Gasteiger partial charge < -0.3 is 10.6 Å². The first kappa shape index (κ1) is 15.4. The lowest BCUT2D eigenvalue weighted by molar-refractivity contribution is 0.918. The van der Waals surface area contributed by atoms with E-state index >= 15 is 0 Å². The number of halogens is 2. The molecule has 106 valence electrons. The molecule has 2 rings (SSSR count). The lowest BCUT2D eigenvalue weighted by Gasteiger charge is -2.20. The Kier molecular flexibility index (Phi) is 5.46. The van der Waals surface area contributed by atoms with Crippen molar-refractivity contribution in [3.05, 3.63) is 63.1 Å². The summed E-state index contributed by atoms with van der Waals surface area (Å²) in [7, 11) is 2.06. The first-order valence-electron chi connectivity index (χ1n) is 6.54. The number of nitrogens with two attached hydrogens (primary N) is 1. The first-order valence-corrected chi connectivity index (χ1v) is 7.71. The van der Waals surface area contributed by atoms with Crippen molar-refractivity contribution in [1.29, 1.82) is 0 Å². The van der Waals surface area contributed by atoms with Crippen LogP contribution in [0.2, 0.25) is 5.02 Å². The van der Waals surface area contributed by atoms with Gasteiger partial charge in [-0.2, -0.15) is 0 Å². The van der Waals surface area contributed by atoms with E-state index in [1.54, 1.807) is 0 Å². The van der Waals surface area contributed by atoms with Crippen LogP contribution in [0.1, 0.15) is 11.1 Å². The van der Waals surface area contributed by atoms with Gasteiger partial charge in [-0.3, -0.25) is 0 Å². The molecule has 2 aromatic carbocycles. The van der Waals surface area contributed by atoms with Crippen LogP contribution in [0.3, 0.4) is 0 Å². The van der Waals surface area contributed by atoms with Crippen molar-refractivity contribution in [3.63, 3.8) is 0 Å². The molecule has 0 saturated carbocycles. The lowest BCUT2D eigenvalue weighted by Crippen LogP contribution is -2.16. The van der Waals surface area contributed by atoms with E-state index in [0.717, 1.165) is 33.7 Å². The fourth-order valence-corrected chi connectivity index (χ4v) is 2.85. The van der Waals surface area contributed by atoms with Crippen LogP contribution in [-0.4, -0.2) is 13.6 Å².